The molecular weight excluding hydrogens is 625 g/mol. The highest BCUT2D eigenvalue weighted by Crippen LogP contribution is 2.37. The van der Waals surface area contributed by atoms with Crippen LogP contribution in [0, 0.1) is 24.0 Å². The van der Waals surface area contributed by atoms with Crippen LogP contribution >= 0.6 is 11.8 Å². The Kier molecular flexibility index (Phi) is 10.8. The van der Waals surface area contributed by atoms with Crippen molar-refractivity contribution in [3.63, 3.8) is 0 Å². The van der Waals surface area contributed by atoms with Gasteiger partial charge in [-0.15, -0.1) is 11.8 Å². The summed E-state index contributed by atoms with van der Waals surface area (Å²) in [7, 11) is 0. The van der Waals surface area contributed by atoms with Gasteiger partial charge in [0.2, 0.25) is 5.91 Å². The molecule has 5 aromatic carbocycles. The molecule has 240 valence electrons. The summed E-state index contributed by atoms with van der Waals surface area (Å²) in [5.41, 5.74) is 4.72. The zero-order chi connectivity index (χ0) is 34.0. The number of amides is 3. The van der Waals surface area contributed by atoms with Gasteiger partial charge in [0.05, 0.1) is 4.92 Å². The Morgan fingerprint density at radius 1 is 0.771 bits per heavy atom. The molecule has 0 bridgehead atoms. The Morgan fingerprint density at radius 3 is 2.12 bits per heavy atom. The fourth-order valence-corrected chi connectivity index (χ4v) is 5.85. The third-order valence-electron chi connectivity index (χ3n) is 7.49. The number of carbonyl (C=O) groups is 3. The van der Waals surface area contributed by atoms with Gasteiger partial charge in [0, 0.05) is 34.0 Å². The summed E-state index contributed by atoms with van der Waals surface area (Å²) in [4.78, 5) is 51.7. The number of non-ortho nitro benzene ring substituents is 1. The van der Waals surface area contributed by atoms with Crippen LogP contribution in [0.2, 0.25) is 0 Å². The molecule has 48 heavy (non-hydrogen) atoms. The Morgan fingerprint density at radius 2 is 1.44 bits per heavy atom. The van der Waals surface area contributed by atoms with Crippen LogP contribution in [0.4, 0.5) is 17.1 Å². The zero-order valence-electron chi connectivity index (χ0n) is 26.2. The summed E-state index contributed by atoms with van der Waals surface area (Å²) in [6.45, 7) is 3.96. The third kappa shape index (κ3) is 8.62. The molecule has 0 fully saturated rings. The number of carbonyl (C=O) groups excluding carboxylic acids is 3. The van der Waals surface area contributed by atoms with Crippen molar-refractivity contribution in [3.8, 4) is 0 Å². The van der Waals surface area contributed by atoms with E-state index in [0.717, 1.165) is 27.3 Å². The van der Waals surface area contributed by atoms with E-state index in [1.165, 1.54) is 42.1 Å². The monoisotopic (exact) mass is 656 g/mol. The van der Waals surface area contributed by atoms with Gasteiger partial charge in [-0.1, -0.05) is 66.7 Å². The van der Waals surface area contributed by atoms with Gasteiger partial charge < -0.3 is 16.0 Å². The molecule has 3 amide bonds. The lowest BCUT2D eigenvalue weighted by molar-refractivity contribution is -0.384. The summed E-state index contributed by atoms with van der Waals surface area (Å²) in [6.07, 6.45) is 1.45. The number of anilines is 2. The second-order valence-electron chi connectivity index (χ2n) is 10.9. The first-order valence-corrected chi connectivity index (χ1v) is 15.9. The van der Waals surface area contributed by atoms with Crippen LogP contribution in [0.5, 0.6) is 0 Å². The van der Waals surface area contributed by atoms with Crippen LogP contribution in [0.25, 0.3) is 6.08 Å². The van der Waals surface area contributed by atoms with E-state index in [1.807, 2.05) is 68.4 Å². The quantitative estimate of drug-likeness (QED) is 0.0570. The highest BCUT2D eigenvalue weighted by molar-refractivity contribution is 8.00. The highest BCUT2D eigenvalue weighted by Gasteiger charge is 2.23. The molecule has 3 N–H and O–H groups in total. The number of benzene rings is 5. The second kappa shape index (κ2) is 15.5. The van der Waals surface area contributed by atoms with Crippen molar-refractivity contribution in [1.82, 2.24) is 5.32 Å². The number of rotatable bonds is 11. The maximum Gasteiger partial charge on any atom is 0.272 e. The molecule has 0 aliphatic carbocycles. The van der Waals surface area contributed by atoms with E-state index >= 15 is 0 Å². The molecule has 9 nitrogen and oxygen atoms in total. The molecular formula is C38H32N4O5S. The fourth-order valence-electron chi connectivity index (χ4n) is 4.77. The van der Waals surface area contributed by atoms with Crippen molar-refractivity contribution in [3.05, 3.63) is 171 Å². The van der Waals surface area contributed by atoms with Crippen LogP contribution < -0.4 is 16.0 Å². The van der Waals surface area contributed by atoms with Gasteiger partial charge in [-0.2, -0.15) is 0 Å². The Balaban J connectivity index is 1.39. The molecule has 0 radical (unpaired) electrons. The van der Waals surface area contributed by atoms with Crippen LogP contribution in [-0.2, 0) is 9.59 Å². The number of hydrogen-bond donors (Lipinski definition) is 3. The number of aryl methyl sites for hydroxylation is 1. The van der Waals surface area contributed by atoms with Crippen LogP contribution in [0.15, 0.2) is 138 Å². The lowest BCUT2D eigenvalue weighted by Gasteiger charge is -2.19. The Labute approximate surface area is 282 Å². The van der Waals surface area contributed by atoms with E-state index in [9.17, 15) is 24.5 Å². The third-order valence-corrected chi connectivity index (χ3v) is 8.74. The molecule has 5 aromatic rings. The average Bonchev–Trinajstić information content (AvgIpc) is 3.10. The van der Waals surface area contributed by atoms with E-state index in [-0.39, 0.29) is 17.3 Å². The molecule has 0 spiro atoms. The molecule has 5 rings (SSSR count). The Bertz CT molecular complexity index is 1980. The van der Waals surface area contributed by atoms with Crippen molar-refractivity contribution in [2.24, 2.45) is 0 Å². The first-order valence-electron chi connectivity index (χ1n) is 15.0. The summed E-state index contributed by atoms with van der Waals surface area (Å²) in [5.74, 6) is -1.29. The van der Waals surface area contributed by atoms with Gasteiger partial charge in [-0.3, -0.25) is 24.5 Å². The number of nitro benzene ring substituents is 1. The van der Waals surface area contributed by atoms with Crippen LogP contribution in [0.3, 0.4) is 0 Å². The largest absolute Gasteiger partial charge is 0.325 e. The molecule has 0 saturated carbocycles. The minimum atomic E-state index is -0.605. The van der Waals surface area contributed by atoms with Gasteiger partial charge in [-0.25, -0.2) is 0 Å². The molecule has 0 aliphatic rings. The van der Waals surface area contributed by atoms with Gasteiger partial charge in [-0.05, 0) is 90.7 Å². The predicted octanol–water partition coefficient (Wildman–Crippen LogP) is 8.09. The van der Waals surface area contributed by atoms with E-state index in [4.69, 9.17) is 0 Å². The van der Waals surface area contributed by atoms with Crippen LogP contribution in [0.1, 0.15) is 37.9 Å². The van der Waals surface area contributed by atoms with E-state index < -0.39 is 22.0 Å². The van der Waals surface area contributed by atoms with Gasteiger partial charge in [0.15, 0.2) is 0 Å². The normalized spacial score (nSPS) is 11.7. The second-order valence-corrected chi connectivity index (χ2v) is 12.0. The van der Waals surface area contributed by atoms with Crippen molar-refractivity contribution in [2.45, 2.75) is 24.0 Å². The molecule has 10 heteroatoms. The van der Waals surface area contributed by atoms with Gasteiger partial charge >= 0.3 is 0 Å². The summed E-state index contributed by atoms with van der Waals surface area (Å²) in [6, 6.07) is 36.4. The first kappa shape index (κ1) is 33.4. The summed E-state index contributed by atoms with van der Waals surface area (Å²) in [5, 5.41) is 19.1. The number of nitrogens with zero attached hydrogens (tertiary/aromatic N) is 1. The maximum atomic E-state index is 13.7. The molecule has 0 heterocycles. The summed E-state index contributed by atoms with van der Waals surface area (Å²) >= 11 is 1.34. The van der Waals surface area contributed by atoms with Crippen LogP contribution in [-0.4, -0.2) is 22.6 Å². The first-order chi connectivity index (χ1) is 23.2. The minimum Gasteiger partial charge on any atom is -0.325 e. The SMILES string of the molecule is Cc1cccc(NC(=O)C(Sc2cccc(NC(=O)/C(=C\c3ccc([N+](=O)[O-])cc3)NC(=O)c3ccccc3)c2)c2ccccc2)c1C. The number of hydrogen-bond acceptors (Lipinski definition) is 6. The highest BCUT2D eigenvalue weighted by atomic mass is 32.2. The smallest absolute Gasteiger partial charge is 0.272 e. The molecule has 0 aromatic heterocycles. The molecule has 0 saturated heterocycles. The van der Waals surface area contributed by atoms with E-state index in [2.05, 4.69) is 16.0 Å². The zero-order valence-corrected chi connectivity index (χ0v) is 27.0. The minimum absolute atomic E-state index is 0.0640. The standard InChI is InChI=1S/C38H32N4O5S/c1-25-11-9-18-33(26(25)2)40-38(45)35(28-12-5-3-6-13-28)48-32-17-10-16-30(24-32)39-37(44)34(41-36(43)29-14-7-4-8-15-29)23-27-19-21-31(22-20-27)42(46)47/h3-24,35H,1-2H3,(H,39,44)(H,40,45)(H,41,43)/b34-23+. The van der Waals surface area contributed by atoms with Crippen molar-refractivity contribution < 1.29 is 19.3 Å². The maximum absolute atomic E-state index is 13.7. The number of thioether (sulfide) groups is 1. The molecule has 1 atom stereocenters. The lowest BCUT2D eigenvalue weighted by atomic mass is 10.1. The predicted molar refractivity (Wildman–Crippen MR) is 190 cm³/mol. The molecule has 0 aliphatic heterocycles. The van der Waals surface area contributed by atoms with Crippen molar-refractivity contribution in [1.29, 1.82) is 0 Å². The Hall–Kier alpha value is -6.00. The summed E-state index contributed by atoms with van der Waals surface area (Å²) < 4.78 is 0. The topological polar surface area (TPSA) is 130 Å². The average molecular weight is 657 g/mol. The molecule has 1 unspecified atom stereocenters. The van der Waals surface area contributed by atoms with Gasteiger partial charge in [0.25, 0.3) is 17.5 Å². The van der Waals surface area contributed by atoms with E-state index in [1.54, 1.807) is 48.5 Å². The van der Waals surface area contributed by atoms with Gasteiger partial charge in [0.1, 0.15) is 10.9 Å². The number of nitrogens with one attached hydrogen (secondary N) is 3. The number of nitro groups is 1. The van der Waals surface area contributed by atoms with Crippen molar-refractivity contribution >= 4 is 52.6 Å². The van der Waals surface area contributed by atoms with Crippen molar-refractivity contribution in [2.75, 3.05) is 10.6 Å². The van der Waals surface area contributed by atoms with E-state index in [0.29, 0.717) is 16.8 Å². The fraction of sp³-hybridized carbons (Fsp3) is 0.0789. The lowest BCUT2D eigenvalue weighted by Crippen LogP contribution is -2.30.